The highest BCUT2D eigenvalue weighted by Crippen LogP contribution is 2.32. The summed E-state index contributed by atoms with van der Waals surface area (Å²) in [6.45, 7) is -0.167. The Morgan fingerprint density at radius 3 is 2.47 bits per heavy atom. The summed E-state index contributed by atoms with van der Waals surface area (Å²) in [5, 5.41) is 0. The van der Waals surface area contributed by atoms with Crippen LogP contribution in [0.4, 0.5) is 13.2 Å². The average molecular weight is 494 g/mol. The number of aromatic nitrogens is 1. The van der Waals surface area contributed by atoms with Crippen LogP contribution in [-0.2, 0) is 32.3 Å². The molecule has 0 atom stereocenters. The lowest BCUT2D eigenvalue weighted by Crippen LogP contribution is -2.40. The molecule has 4 rings (SSSR count). The van der Waals surface area contributed by atoms with Gasteiger partial charge in [0.2, 0.25) is 15.9 Å². The number of alkyl halides is 3. The van der Waals surface area contributed by atoms with Crippen molar-refractivity contribution in [1.29, 1.82) is 0 Å². The second kappa shape index (κ2) is 9.59. The molecule has 34 heavy (non-hydrogen) atoms. The predicted octanol–water partition coefficient (Wildman–Crippen LogP) is 4.50. The van der Waals surface area contributed by atoms with E-state index < -0.39 is 38.5 Å². The van der Waals surface area contributed by atoms with Gasteiger partial charge in [0.05, 0.1) is 22.6 Å². The fourth-order valence-electron chi connectivity index (χ4n) is 3.68. The highest BCUT2D eigenvalue weighted by Gasteiger charge is 2.35. The van der Waals surface area contributed by atoms with Gasteiger partial charge in [-0.2, -0.15) is 17.5 Å². The molecular formula is C23H21F3N2O5S. The maximum absolute atomic E-state index is 13.0. The van der Waals surface area contributed by atoms with E-state index in [2.05, 4.69) is 4.98 Å². The molecule has 1 aliphatic heterocycles. The number of hydrogen-bond acceptors (Lipinski definition) is 6. The number of hydrogen-bond donors (Lipinski definition) is 0. The molecule has 0 unspecified atom stereocenters. The first-order chi connectivity index (χ1) is 16.1. The van der Waals surface area contributed by atoms with Crippen LogP contribution in [0.3, 0.4) is 0 Å². The molecule has 11 heteroatoms. The standard InChI is InChI=1S/C23H21F3N2O5S/c24-23(25,26)18-7-4-8-19(13-18)34(30,31)28-11-9-17(10-12-28)22(29)32-15-21-27-14-20(33-21)16-5-2-1-3-6-16/h1-8,13-14,17H,9-12,15H2. The second-order valence-electron chi connectivity index (χ2n) is 7.80. The molecule has 0 spiro atoms. The Morgan fingerprint density at radius 1 is 1.09 bits per heavy atom. The van der Waals surface area contributed by atoms with Crippen molar-refractivity contribution in [2.24, 2.45) is 5.92 Å². The molecule has 1 saturated heterocycles. The van der Waals surface area contributed by atoms with Crippen LogP contribution in [0.2, 0.25) is 0 Å². The summed E-state index contributed by atoms with van der Waals surface area (Å²) in [7, 11) is -4.12. The van der Waals surface area contributed by atoms with Crippen LogP contribution in [0.1, 0.15) is 24.3 Å². The first-order valence-electron chi connectivity index (χ1n) is 10.5. The van der Waals surface area contributed by atoms with Crippen molar-refractivity contribution in [1.82, 2.24) is 9.29 Å². The Hall–Kier alpha value is -3.18. The topological polar surface area (TPSA) is 89.7 Å². The second-order valence-corrected chi connectivity index (χ2v) is 9.73. The summed E-state index contributed by atoms with van der Waals surface area (Å²) >= 11 is 0. The van der Waals surface area contributed by atoms with Crippen molar-refractivity contribution in [2.45, 2.75) is 30.5 Å². The van der Waals surface area contributed by atoms with E-state index in [1.54, 1.807) is 0 Å². The fourth-order valence-corrected chi connectivity index (χ4v) is 5.19. The van der Waals surface area contributed by atoms with Gasteiger partial charge in [0, 0.05) is 18.7 Å². The Bertz CT molecular complexity index is 1250. The summed E-state index contributed by atoms with van der Waals surface area (Å²) in [5.41, 5.74) is -0.198. The zero-order chi connectivity index (χ0) is 24.3. The molecule has 2 aromatic carbocycles. The number of oxazole rings is 1. The first kappa shape index (κ1) is 24.0. The average Bonchev–Trinajstić information content (AvgIpc) is 3.32. The number of ether oxygens (including phenoxy) is 1. The Kier molecular flexibility index (Phi) is 6.76. The van der Waals surface area contributed by atoms with Crippen molar-refractivity contribution < 1.29 is 35.5 Å². The third-order valence-electron chi connectivity index (χ3n) is 5.54. The zero-order valence-electron chi connectivity index (χ0n) is 17.9. The lowest BCUT2D eigenvalue weighted by molar-refractivity contribution is -0.151. The van der Waals surface area contributed by atoms with Crippen LogP contribution in [0, 0.1) is 5.92 Å². The minimum atomic E-state index is -4.65. The number of piperidine rings is 1. The number of nitrogens with zero attached hydrogens (tertiary/aromatic N) is 2. The van der Waals surface area contributed by atoms with E-state index in [0.717, 1.165) is 28.1 Å². The minimum absolute atomic E-state index is 0.00446. The van der Waals surface area contributed by atoms with E-state index in [4.69, 9.17) is 9.15 Å². The molecule has 1 fully saturated rings. The van der Waals surface area contributed by atoms with E-state index in [9.17, 15) is 26.4 Å². The van der Waals surface area contributed by atoms with E-state index in [-0.39, 0.29) is 38.4 Å². The highest BCUT2D eigenvalue weighted by molar-refractivity contribution is 7.89. The summed E-state index contributed by atoms with van der Waals surface area (Å²) < 4.78 is 76.4. The molecule has 2 heterocycles. The smallest absolute Gasteiger partial charge is 0.416 e. The number of benzene rings is 2. The quantitative estimate of drug-likeness (QED) is 0.469. The molecular weight excluding hydrogens is 473 g/mol. The summed E-state index contributed by atoms with van der Waals surface area (Å²) in [5.74, 6) is -0.261. The lowest BCUT2D eigenvalue weighted by atomic mass is 9.98. The van der Waals surface area contributed by atoms with Crippen molar-refractivity contribution in [3.63, 3.8) is 0 Å². The molecule has 0 amide bonds. The van der Waals surface area contributed by atoms with Crippen LogP contribution in [-0.4, -0.2) is 36.8 Å². The Morgan fingerprint density at radius 2 is 1.79 bits per heavy atom. The normalized spacial score (nSPS) is 15.9. The fraction of sp³-hybridized carbons (Fsp3) is 0.304. The molecule has 0 N–H and O–H groups in total. The van der Waals surface area contributed by atoms with Crippen molar-refractivity contribution in [3.8, 4) is 11.3 Å². The molecule has 1 aliphatic rings. The van der Waals surface area contributed by atoms with Gasteiger partial charge >= 0.3 is 12.1 Å². The SMILES string of the molecule is O=C(OCc1ncc(-c2ccccc2)o1)C1CCN(S(=O)(=O)c2cccc(C(F)(F)F)c2)CC1. The van der Waals surface area contributed by atoms with E-state index in [1.165, 1.54) is 6.20 Å². The molecule has 0 saturated carbocycles. The Labute approximate surface area is 194 Å². The van der Waals surface area contributed by atoms with Crippen LogP contribution in [0.25, 0.3) is 11.3 Å². The highest BCUT2D eigenvalue weighted by atomic mass is 32.2. The predicted molar refractivity (Wildman–Crippen MR) is 115 cm³/mol. The zero-order valence-corrected chi connectivity index (χ0v) is 18.7. The lowest BCUT2D eigenvalue weighted by Gasteiger charge is -2.30. The molecule has 180 valence electrons. The van der Waals surface area contributed by atoms with Gasteiger partial charge in [-0.15, -0.1) is 0 Å². The summed E-state index contributed by atoms with van der Waals surface area (Å²) in [4.78, 5) is 16.1. The van der Waals surface area contributed by atoms with Crippen molar-refractivity contribution in [3.05, 3.63) is 72.2 Å². The van der Waals surface area contributed by atoms with Gasteiger partial charge in [-0.05, 0) is 31.0 Å². The number of halogens is 3. The number of sulfonamides is 1. The van der Waals surface area contributed by atoms with Gasteiger partial charge in [0.25, 0.3) is 0 Å². The van der Waals surface area contributed by atoms with E-state index in [1.807, 2.05) is 30.3 Å². The van der Waals surface area contributed by atoms with Gasteiger partial charge in [-0.25, -0.2) is 13.4 Å². The molecule has 1 aromatic heterocycles. The van der Waals surface area contributed by atoms with E-state index in [0.29, 0.717) is 11.8 Å². The monoisotopic (exact) mass is 494 g/mol. The number of carbonyl (C=O) groups is 1. The summed E-state index contributed by atoms with van der Waals surface area (Å²) in [6, 6.07) is 12.9. The van der Waals surface area contributed by atoms with Crippen LogP contribution in [0.15, 0.2) is 70.1 Å². The van der Waals surface area contributed by atoms with Gasteiger partial charge in [0.15, 0.2) is 12.4 Å². The number of carbonyl (C=O) groups excluding carboxylic acids is 1. The Balaban J connectivity index is 1.32. The first-order valence-corrected chi connectivity index (χ1v) is 11.9. The third kappa shape index (κ3) is 5.31. The molecule has 3 aromatic rings. The maximum Gasteiger partial charge on any atom is 0.416 e. The molecule has 0 aliphatic carbocycles. The maximum atomic E-state index is 13.0. The van der Waals surface area contributed by atoms with Gasteiger partial charge in [-0.3, -0.25) is 4.79 Å². The van der Waals surface area contributed by atoms with Crippen molar-refractivity contribution >= 4 is 16.0 Å². The number of esters is 1. The van der Waals surface area contributed by atoms with Crippen LogP contribution >= 0.6 is 0 Å². The van der Waals surface area contributed by atoms with Crippen molar-refractivity contribution in [2.75, 3.05) is 13.1 Å². The summed E-state index contributed by atoms with van der Waals surface area (Å²) in [6.07, 6.45) is -2.72. The van der Waals surface area contributed by atoms with Gasteiger partial charge in [0.1, 0.15) is 0 Å². The molecule has 7 nitrogen and oxygen atoms in total. The van der Waals surface area contributed by atoms with Gasteiger partial charge in [-0.1, -0.05) is 36.4 Å². The molecule has 0 radical (unpaired) electrons. The van der Waals surface area contributed by atoms with Gasteiger partial charge < -0.3 is 9.15 Å². The van der Waals surface area contributed by atoms with Crippen LogP contribution < -0.4 is 0 Å². The third-order valence-corrected chi connectivity index (χ3v) is 7.43. The van der Waals surface area contributed by atoms with Crippen LogP contribution in [0.5, 0.6) is 0 Å². The van der Waals surface area contributed by atoms with E-state index >= 15 is 0 Å². The molecule has 0 bridgehead atoms. The number of rotatable bonds is 6. The minimum Gasteiger partial charge on any atom is -0.455 e. The largest absolute Gasteiger partial charge is 0.455 e.